The Balaban J connectivity index is 2.06. The number of nitrogens with zero attached hydrogens (tertiary/aromatic N) is 1. The van der Waals surface area contributed by atoms with E-state index in [-0.39, 0.29) is 0 Å². The van der Waals surface area contributed by atoms with E-state index >= 15 is 0 Å². The number of anilines is 1. The summed E-state index contributed by atoms with van der Waals surface area (Å²) in [4.78, 5) is 4.35. The third-order valence-electron chi connectivity index (χ3n) is 3.00. The van der Waals surface area contributed by atoms with E-state index in [0.717, 1.165) is 22.4 Å². The van der Waals surface area contributed by atoms with Crippen LogP contribution in [0.1, 0.15) is 5.89 Å². The lowest BCUT2D eigenvalue weighted by molar-refractivity contribution is 0.561. The van der Waals surface area contributed by atoms with Gasteiger partial charge in [-0.3, -0.25) is 0 Å². The zero-order valence-corrected chi connectivity index (χ0v) is 10.4. The Labute approximate surface area is 105 Å². The van der Waals surface area contributed by atoms with Crippen molar-refractivity contribution in [3.63, 3.8) is 0 Å². The predicted octanol–water partition coefficient (Wildman–Crippen LogP) is 3.84. The number of hydrogen-bond acceptors (Lipinski definition) is 3. The van der Waals surface area contributed by atoms with Gasteiger partial charge >= 0.3 is 0 Å². The van der Waals surface area contributed by atoms with Crippen molar-refractivity contribution in [2.24, 2.45) is 0 Å². The van der Waals surface area contributed by atoms with Gasteiger partial charge in [0.1, 0.15) is 5.52 Å². The second-order valence-corrected chi connectivity index (χ2v) is 4.24. The lowest BCUT2D eigenvalue weighted by Crippen LogP contribution is -1.86. The largest absolute Gasteiger partial charge is 0.441 e. The molecule has 0 spiro atoms. The summed E-state index contributed by atoms with van der Waals surface area (Å²) >= 11 is 0. The highest BCUT2D eigenvalue weighted by molar-refractivity contribution is 5.80. The highest BCUT2D eigenvalue weighted by atomic mass is 16.3. The molecule has 90 valence electrons. The number of hydrogen-bond donors (Lipinski definition) is 1. The molecule has 0 bridgehead atoms. The number of oxazole rings is 1. The van der Waals surface area contributed by atoms with E-state index < -0.39 is 0 Å². The van der Waals surface area contributed by atoms with Gasteiger partial charge in [-0.15, -0.1) is 0 Å². The van der Waals surface area contributed by atoms with E-state index in [1.54, 1.807) is 0 Å². The fraction of sp³-hybridized carbons (Fsp3) is 0.133. The zero-order chi connectivity index (χ0) is 12.5. The number of aryl methyl sites for hydroxylation is 1. The SMILES string of the molecule is CNc1ccc(-c2ccc3oc(C)nc3c2)cc1. The van der Waals surface area contributed by atoms with Gasteiger partial charge in [-0.2, -0.15) is 0 Å². The molecule has 3 rings (SSSR count). The number of benzene rings is 2. The van der Waals surface area contributed by atoms with Gasteiger partial charge in [-0.1, -0.05) is 18.2 Å². The Kier molecular flexibility index (Phi) is 2.52. The molecule has 0 unspecified atom stereocenters. The molecular weight excluding hydrogens is 224 g/mol. The van der Waals surface area contributed by atoms with Crippen LogP contribution in [0.15, 0.2) is 46.9 Å². The van der Waals surface area contributed by atoms with Crippen molar-refractivity contribution in [2.75, 3.05) is 12.4 Å². The van der Waals surface area contributed by atoms with Crippen LogP contribution >= 0.6 is 0 Å². The van der Waals surface area contributed by atoms with Crippen LogP contribution in [0, 0.1) is 6.92 Å². The van der Waals surface area contributed by atoms with Crippen LogP contribution in [0.4, 0.5) is 5.69 Å². The van der Waals surface area contributed by atoms with Crippen molar-refractivity contribution in [1.82, 2.24) is 4.98 Å². The maximum absolute atomic E-state index is 5.47. The molecule has 18 heavy (non-hydrogen) atoms. The molecule has 1 heterocycles. The molecule has 0 saturated heterocycles. The lowest BCUT2D eigenvalue weighted by Gasteiger charge is -2.03. The Morgan fingerprint density at radius 1 is 1.00 bits per heavy atom. The molecule has 2 aromatic carbocycles. The van der Waals surface area contributed by atoms with Crippen LogP contribution in [-0.4, -0.2) is 12.0 Å². The summed E-state index contributed by atoms with van der Waals surface area (Å²) in [5, 5.41) is 3.11. The molecule has 1 aromatic heterocycles. The first kappa shape index (κ1) is 10.8. The Morgan fingerprint density at radius 2 is 1.72 bits per heavy atom. The van der Waals surface area contributed by atoms with E-state index in [1.165, 1.54) is 5.56 Å². The maximum Gasteiger partial charge on any atom is 0.192 e. The molecule has 3 nitrogen and oxygen atoms in total. The fourth-order valence-electron chi connectivity index (χ4n) is 2.05. The van der Waals surface area contributed by atoms with Crippen LogP contribution in [0.25, 0.3) is 22.2 Å². The van der Waals surface area contributed by atoms with Gasteiger partial charge in [0.05, 0.1) is 0 Å². The van der Waals surface area contributed by atoms with Crippen LogP contribution in [0.2, 0.25) is 0 Å². The predicted molar refractivity (Wildman–Crippen MR) is 73.7 cm³/mol. The van der Waals surface area contributed by atoms with Crippen LogP contribution < -0.4 is 5.32 Å². The average Bonchev–Trinajstić information content (AvgIpc) is 2.78. The normalized spacial score (nSPS) is 10.8. The van der Waals surface area contributed by atoms with Gasteiger partial charge in [0.2, 0.25) is 0 Å². The average molecular weight is 238 g/mol. The van der Waals surface area contributed by atoms with Gasteiger partial charge in [0.15, 0.2) is 11.5 Å². The molecule has 0 radical (unpaired) electrons. The third kappa shape index (κ3) is 1.84. The van der Waals surface area contributed by atoms with Crippen molar-refractivity contribution >= 4 is 16.8 Å². The number of rotatable bonds is 2. The van der Waals surface area contributed by atoms with Crippen LogP contribution in [0.3, 0.4) is 0 Å². The molecular formula is C15H14N2O. The van der Waals surface area contributed by atoms with E-state index in [2.05, 4.69) is 46.7 Å². The first-order chi connectivity index (χ1) is 8.76. The minimum Gasteiger partial charge on any atom is -0.441 e. The first-order valence-corrected chi connectivity index (χ1v) is 5.91. The van der Waals surface area contributed by atoms with Crippen molar-refractivity contribution < 1.29 is 4.42 Å². The summed E-state index contributed by atoms with van der Waals surface area (Å²) in [6.45, 7) is 1.86. The number of nitrogens with one attached hydrogen (secondary N) is 1. The summed E-state index contributed by atoms with van der Waals surface area (Å²) in [5.41, 5.74) is 5.18. The van der Waals surface area contributed by atoms with Crippen molar-refractivity contribution in [1.29, 1.82) is 0 Å². The molecule has 3 heteroatoms. The summed E-state index contributed by atoms with van der Waals surface area (Å²) < 4.78 is 5.47. The minimum absolute atomic E-state index is 0.702. The van der Waals surface area contributed by atoms with E-state index in [1.807, 2.05) is 20.0 Å². The van der Waals surface area contributed by atoms with Crippen LogP contribution in [0.5, 0.6) is 0 Å². The minimum atomic E-state index is 0.702. The molecule has 0 saturated carbocycles. The molecule has 0 aliphatic carbocycles. The molecule has 0 aliphatic rings. The van der Waals surface area contributed by atoms with E-state index in [4.69, 9.17) is 4.42 Å². The van der Waals surface area contributed by atoms with Crippen LogP contribution in [-0.2, 0) is 0 Å². The lowest BCUT2D eigenvalue weighted by atomic mass is 10.1. The Hall–Kier alpha value is -2.29. The van der Waals surface area contributed by atoms with Crippen molar-refractivity contribution in [3.05, 3.63) is 48.4 Å². The molecule has 0 aliphatic heterocycles. The maximum atomic E-state index is 5.47. The first-order valence-electron chi connectivity index (χ1n) is 5.91. The molecule has 0 amide bonds. The second kappa shape index (κ2) is 4.18. The zero-order valence-electron chi connectivity index (χ0n) is 10.4. The number of fused-ring (bicyclic) bond motifs is 1. The smallest absolute Gasteiger partial charge is 0.192 e. The Morgan fingerprint density at radius 3 is 2.44 bits per heavy atom. The van der Waals surface area contributed by atoms with E-state index in [0.29, 0.717) is 5.89 Å². The molecule has 0 fully saturated rings. The summed E-state index contributed by atoms with van der Waals surface area (Å²) in [7, 11) is 1.92. The van der Waals surface area contributed by atoms with Gasteiger partial charge in [0.25, 0.3) is 0 Å². The van der Waals surface area contributed by atoms with Gasteiger partial charge in [0, 0.05) is 19.7 Å². The Bertz CT molecular complexity index is 683. The highest BCUT2D eigenvalue weighted by Gasteiger charge is 2.04. The summed E-state index contributed by atoms with van der Waals surface area (Å²) in [6, 6.07) is 14.4. The summed E-state index contributed by atoms with van der Waals surface area (Å²) in [5.74, 6) is 0.702. The quantitative estimate of drug-likeness (QED) is 0.737. The van der Waals surface area contributed by atoms with Crippen molar-refractivity contribution in [2.45, 2.75) is 6.92 Å². The summed E-state index contributed by atoms with van der Waals surface area (Å²) in [6.07, 6.45) is 0. The topological polar surface area (TPSA) is 38.1 Å². The monoisotopic (exact) mass is 238 g/mol. The molecule has 0 atom stereocenters. The third-order valence-corrected chi connectivity index (χ3v) is 3.00. The molecule has 3 aromatic rings. The molecule has 1 N–H and O–H groups in total. The highest BCUT2D eigenvalue weighted by Crippen LogP contribution is 2.25. The standard InChI is InChI=1S/C15H14N2O/c1-10-17-14-9-12(5-8-15(14)18-10)11-3-6-13(16-2)7-4-11/h3-9,16H,1-2H3. The second-order valence-electron chi connectivity index (χ2n) is 4.24. The van der Waals surface area contributed by atoms with Gasteiger partial charge in [-0.05, 0) is 35.4 Å². The van der Waals surface area contributed by atoms with Gasteiger partial charge < -0.3 is 9.73 Å². The van der Waals surface area contributed by atoms with Gasteiger partial charge in [-0.25, -0.2) is 4.98 Å². The number of aromatic nitrogens is 1. The fourth-order valence-corrected chi connectivity index (χ4v) is 2.05. The van der Waals surface area contributed by atoms with E-state index in [9.17, 15) is 0 Å². The van der Waals surface area contributed by atoms with Crippen molar-refractivity contribution in [3.8, 4) is 11.1 Å².